The van der Waals surface area contributed by atoms with Gasteiger partial charge in [0.05, 0.1) is 6.04 Å². The van der Waals surface area contributed by atoms with Gasteiger partial charge in [-0.15, -0.1) is 0 Å². The van der Waals surface area contributed by atoms with Crippen LogP contribution in [0.1, 0.15) is 12.0 Å². The second-order valence-electron chi connectivity index (χ2n) is 4.89. The van der Waals surface area contributed by atoms with Gasteiger partial charge in [-0.25, -0.2) is 0 Å². The Bertz CT molecular complexity index is 364. The van der Waals surface area contributed by atoms with E-state index in [1.165, 1.54) is 0 Å². The molecule has 1 aliphatic rings. The predicted octanol–water partition coefficient (Wildman–Crippen LogP) is 1.50. The lowest BCUT2D eigenvalue weighted by Gasteiger charge is -2.26. The van der Waals surface area contributed by atoms with E-state index in [2.05, 4.69) is 29.3 Å². The van der Waals surface area contributed by atoms with Gasteiger partial charge in [0.1, 0.15) is 0 Å². The number of Topliss-reactive ketones (excluding diaryl/α,β-unsaturated/α-hetero) is 1. The van der Waals surface area contributed by atoms with Gasteiger partial charge in [-0.1, -0.05) is 0 Å². The van der Waals surface area contributed by atoms with Crippen LogP contribution in [-0.2, 0) is 11.2 Å². The third kappa shape index (κ3) is 3.37. The highest BCUT2D eigenvalue weighted by molar-refractivity contribution is 7.07. The standard InChI is InChI=1S/C13H20N2OS/c1-14-5-3-6-15(2)12(9-14)13(16)8-11-4-7-17-10-11/h4,7,10,12H,3,5-6,8-9H2,1-2H3. The molecule has 1 atom stereocenters. The average molecular weight is 252 g/mol. The molecule has 1 aromatic heterocycles. The van der Waals surface area contributed by atoms with E-state index in [1.807, 2.05) is 11.4 Å². The maximum Gasteiger partial charge on any atom is 0.155 e. The minimum absolute atomic E-state index is 0.0578. The van der Waals surface area contributed by atoms with Gasteiger partial charge >= 0.3 is 0 Å². The molecule has 3 nitrogen and oxygen atoms in total. The fraction of sp³-hybridized carbons (Fsp3) is 0.615. The minimum Gasteiger partial charge on any atom is -0.304 e. The largest absolute Gasteiger partial charge is 0.304 e. The zero-order chi connectivity index (χ0) is 12.3. The van der Waals surface area contributed by atoms with Gasteiger partial charge in [-0.2, -0.15) is 11.3 Å². The fourth-order valence-electron chi connectivity index (χ4n) is 2.33. The number of carbonyl (C=O) groups excluding carboxylic acids is 1. The molecule has 0 amide bonds. The molecule has 0 spiro atoms. The topological polar surface area (TPSA) is 23.6 Å². The summed E-state index contributed by atoms with van der Waals surface area (Å²) in [5.74, 6) is 0.347. The summed E-state index contributed by atoms with van der Waals surface area (Å²) in [5.41, 5.74) is 1.15. The van der Waals surface area contributed by atoms with E-state index in [0.717, 1.165) is 31.6 Å². The summed E-state index contributed by atoms with van der Waals surface area (Å²) in [5, 5.41) is 4.10. The number of rotatable bonds is 3. The summed E-state index contributed by atoms with van der Waals surface area (Å²) < 4.78 is 0. The first-order chi connectivity index (χ1) is 8.16. The number of ketones is 1. The van der Waals surface area contributed by atoms with Crippen molar-refractivity contribution in [2.75, 3.05) is 33.7 Å². The SMILES string of the molecule is CN1CCCN(C)C(C(=O)Cc2ccsc2)C1. The highest BCUT2D eigenvalue weighted by atomic mass is 32.1. The van der Waals surface area contributed by atoms with Gasteiger partial charge in [0.15, 0.2) is 5.78 Å². The lowest BCUT2D eigenvalue weighted by molar-refractivity contribution is -0.123. The molecule has 4 heteroatoms. The molecule has 1 unspecified atom stereocenters. The van der Waals surface area contributed by atoms with Gasteiger partial charge < -0.3 is 4.90 Å². The van der Waals surface area contributed by atoms with Gasteiger partial charge in [-0.3, -0.25) is 9.69 Å². The van der Waals surface area contributed by atoms with Crippen LogP contribution >= 0.6 is 11.3 Å². The van der Waals surface area contributed by atoms with Crippen molar-refractivity contribution in [1.82, 2.24) is 9.80 Å². The first-order valence-corrected chi connectivity index (χ1v) is 7.03. The lowest BCUT2D eigenvalue weighted by atomic mass is 10.0. The molecule has 0 radical (unpaired) electrons. The summed E-state index contributed by atoms with van der Waals surface area (Å²) in [6.45, 7) is 2.97. The lowest BCUT2D eigenvalue weighted by Crippen LogP contribution is -2.44. The number of carbonyl (C=O) groups is 1. The van der Waals surface area contributed by atoms with Gasteiger partial charge in [0, 0.05) is 13.0 Å². The van der Waals surface area contributed by atoms with Crippen molar-refractivity contribution >= 4 is 17.1 Å². The highest BCUT2D eigenvalue weighted by Crippen LogP contribution is 2.12. The molecule has 0 bridgehead atoms. The van der Waals surface area contributed by atoms with E-state index < -0.39 is 0 Å². The zero-order valence-corrected chi connectivity index (χ0v) is 11.4. The molecule has 1 aliphatic heterocycles. The van der Waals surface area contributed by atoms with E-state index in [0.29, 0.717) is 12.2 Å². The summed E-state index contributed by atoms with van der Waals surface area (Å²) >= 11 is 1.66. The van der Waals surface area contributed by atoms with Crippen LogP contribution in [0.3, 0.4) is 0 Å². The van der Waals surface area contributed by atoms with Crippen molar-refractivity contribution in [2.24, 2.45) is 0 Å². The van der Waals surface area contributed by atoms with Crippen molar-refractivity contribution in [3.05, 3.63) is 22.4 Å². The summed E-state index contributed by atoms with van der Waals surface area (Å²) in [6, 6.07) is 2.10. The molecule has 1 aromatic rings. The van der Waals surface area contributed by atoms with Crippen molar-refractivity contribution in [1.29, 1.82) is 0 Å². The maximum absolute atomic E-state index is 12.3. The van der Waals surface area contributed by atoms with Crippen molar-refractivity contribution in [2.45, 2.75) is 18.9 Å². The number of thiophene rings is 1. The summed E-state index contributed by atoms with van der Waals surface area (Å²) in [7, 11) is 4.17. The Balaban J connectivity index is 2.00. The molecule has 0 aromatic carbocycles. The minimum atomic E-state index is 0.0578. The van der Waals surface area contributed by atoms with Crippen LogP contribution in [0.25, 0.3) is 0 Å². The van der Waals surface area contributed by atoms with Gasteiger partial charge in [0.25, 0.3) is 0 Å². The molecule has 17 heavy (non-hydrogen) atoms. The number of nitrogens with zero attached hydrogens (tertiary/aromatic N) is 2. The van der Waals surface area contributed by atoms with Crippen molar-refractivity contribution in [3.8, 4) is 0 Å². The van der Waals surface area contributed by atoms with E-state index >= 15 is 0 Å². The number of hydrogen-bond acceptors (Lipinski definition) is 4. The molecular weight excluding hydrogens is 232 g/mol. The van der Waals surface area contributed by atoms with Crippen molar-refractivity contribution in [3.63, 3.8) is 0 Å². The normalized spacial score (nSPS) is 23.5. The molecule has 0 aliphatic carbocycles. The molecule has 2 rings (SSSR count). The van der Waals surface area contributed by atoms with E-state index in [-0.39, 0.29) is 6.04 Å². The molecule has 94 valence electrons. The fourth-order valence-corrected chi connectivity index (χ4v) is 3.00. The Hall–Kier alpha value is -0.710. The van der Waals surface area contributed by atoms with E-state index in [1.54, 1.807) is 11.3 Å². The number of hydrogen-bond donors (Lipinski definition) is 0. The second-order valence-corrected chi connectivity index (χ2v) is 5.67. The Morgan fingerprint density at radius 2 is 2.29 bits per heavy atom. The summed E-state index contributed by atoms with van der Waals surface area (Å²) in [4.78, 5) is 16.8. The van der Waals surface area contributed by atoms with Crippen LogP contribution < -0.4 is 0 Å². The predicted molar refractivity (Wildman–Crippen MR) is 71.6 cm³/mol. The third-order valence-electron chi connectivity index (χ3n) is 3.40. The average Bonchev–Trinajstić information content (AvgIpc) is 2.72. The number of likely N-dealkylation sites (N-methyl/N-ethyl adjacent to an activating group) is 2. The van der Waals surface area contributed by atoms with E-state index in [9.17, 15) is 4.79 Å². The Kier molecular flexibility index (Phi) is 4.31. The Morgan fingerprint density at radius 1 is 1.47 bits per heavy atom. The summed E-state index contributed by atoms with van der Waals surface area (Å²) in [6.07, 6.45) is 1.72. The van der Waals surface area contributed by atoms with Crippen LogP contribution in [0.4, 0.5) is 0 Å². The van der Waals surface area contributed by atoms with Gasteiger partial charge in [-0.05, 0) is 56.0 Å². The third-order valence-corrected chi connectivity index (χ3v) is 4.13. The Labute approximate surface area is 107 Å². The maximum atomic E-state index is 12.3. The molecular formula is C13H20N2OS. The molecule has 2 heterocycles. The first kappa shape index (κ1) is 12.7. The quantitative estimate of drug-likeness (QED) is 0.814. The molecule has 0 N–H and O–H groups in total. The van der Waals surface area contributed by atoms with Crippen LogP contribution in [0, 0.1) is 0 Å². The van der Waals surface area contributed by atoms with Crippen LogP contribution in [0.5, 0.6) is 0 Å². The van der Waals surface area contributed by atoms with Crippen LogP contribution in [0.2, 0.25) is 0 Å². The Morgan fingerprint density at radius 3 is 3.00 bits per heavy atom. The first-order valence-electron chi connectivity index (χ1n) is 6.09. The monoisotopic (exact) mass is 252 g/mol. The molecule has 1 fully saturated rings. The van der Waals surface area contributed by atoms with Crippen LogP contribution in [0.15, 0.2) is 16.8 Å². The molecule has 0 saturated carbocycles. The smallest absolute Gasteiger partial charge is 0.155 e. The highest BCUT2D eigenvalue weighted by Gasteiger charge is 2.26. The zero-order valence-electron chi connectivity index (χ0n) is 10.6. The molecule has 1 saturated heterocycles. The second kappa shape index (κ2) is 5.76. The van der Waals surface area contributed by atoms with Crippen LogP contribution in [-0.4, -0.2) is 55.4 Å². The van der Waals surface area contributed by atoms with Crippen molar-refractivity contribution < 1.29 is 4.79 Å². The van der Waals surface area contributed by atoms with Gasteiger partial charge in [0.2, 0.25) is 0 Å². The van der Waals surface area contributed by atoms with E-state index in [4.69, 9.17) is 0 Å².